The average molecular weight is 264 g/mol. The van der Waals surface area contributed by atoms with Gasteiger partial charge in [-0.1, -0.05) is 24.6 Å². The molecule has 1 aromatic carbocycles. The van der Waals surface area contributed by atoms with Crippen molar-refractivity contribution < 1.29 is 9.90 Å². The van der Waals surface area contributed by atoms with Crippen molar-refractivity contribution in [1.82, 2.24) is 5.32 Å². The van der Waals surface area contributed by atoms with E-state index in [1.807, 2.05) is 39.0 Å². The minimum absolute atomic E-state index is 0.204. The second kappa shape index (κ2) is 7.14. The van der Waals surface area contributed by atoms with Gasteiger partial charge in [0.15, 0.2) is 0 Å². The first kappa shape index (κ1) is 15.5. The number of aliphatic hydroxyl groups excluding tert-OH is 1. The van der Waals surface area contributed by atoms with E-state index < -0.39 is 0 Å². The highest BCUT2D eigenvalue weighted by atomic mass is 16.3. The molecule has 0 heterocycles. The average Bonchev–Trinajstić information content (AvgIpc) is 2.29. The van der Waals surface area contributed by atoms with E-state index in [1.54, 1.807) is 6.92 Å². The van der Waals surface area contributed by atoms with Crippen molar-refractivity contribution in [2.75, 3.05) is 11.9 Å². The van der Waals surface area contributed by atoms with E-state index >= 15 is 0 Å². The van der Waals surface area contributed by atoms with Gasteiger partial charge in [-0.15, -0.1) is 0 Å². The molecule has 0 aromatic heterocycles. The molecule has 4 nitrogen and oxygen atoms in total. The fraction of sp³-hybridized carbons (Fsp3) is 0.533. The van der Waals surface area contributed by atoms with Gasteiger partial charge in [-0.05, 0) is 44.7 Å². The van der Waals surface area contributed by atoms with E-state index in [1.165, 1.54) is 5.56 Å². The molecule has 0 aliphatic rings. The summed E-state index contributed by atoms with van der Waals surface area (Å²) >= 11 is 0. The number of nitrogens with one attached hydrogen (secondary N) is 2. The lowest BCUT2D eigenvalue weighted by molar-refractivity contribution is 0.163. The van der Waals surface area contributed by atoms with Gasteiger partial charge in [0.05, 0.1) is 6.10 Å². The lowest BCUT2D eigenvalue weighted by Gasteiger charge is -2.15. The third-order valence-electron chi connectivity index (χ3n) is 2.98. The van der Waals surface area contributed by atoms with Crippen LogP contribution in [0.5, 0.6) is 0 Å². The van der Waals surface area contributed by atoms with E-state index in [-0.39, 0.29) is 18.1 Å². The fourth-order valence-corrected chi connectivity index (χ4v) is 2.05. The van der Waals surface area contributed by atoms with Gasteiger partial charge in [-0.25, -0.2) is 4.79 Å². The van der Waals surface area contributed by atoms with Crippen LogP contribution in [-0.2, 0) is 0 Å². The van der Waals surface area contributed by atoms with Gasteiger partial charge in [0.2, 0.25) is 0 Å². The molecule has 1 rings (SSSR count). The van der Waals surface area contributed by atoms with Crippen LogP contribution >= 0.6 is 0 Å². The van der Waals surface area contributed by atoms with Crippen molar-refractivity contribution in [2.45, 2.75) is 40.2 Å². The van der Waals surface area contributed by atoms with Crippen LogP contribution in [0.15, 0.2) is 18.2 Å². The Kier molecular flexibility index (Phi) is 5.83. The molecule has 0 saturated heterocycles. The third kappa shape index (κ3) is 5.75. The van der Waals surface area contributed by atoms with E-state index in [9.17, 15) is 9.90 Å². The number of amides is 2. The Morgan fingerprint density at radius 1 is 1.32 bits per heavy atom. The summed E-state index contributed by atoms with van der Waals surface area (Å²) in [6.45, 7) is 8.31. The Bertz CT molecular complexity index is 430. The molecular weight excluding hydrogens is 240 g/mol. The van der Waals surface area contributed by atoms with E-state index in [0.29, 0.717) is 13.0 Å². The molecule has 0 aliphatic heterocycles. The summed E-state index contributed by atoms with van der Waals surface area (Å²) in [4.78, 5) is 11.8. The highest BCUT2D eigenvalue weighted by Gasteiger charge is 2.09. The lowest BCUT2D eigenvalue weighted by Crippen LogP contribution is -2.33. The normalized spacial score (nSPS) is 13.7. The number of carbonyl (C=O) groups excluding carboxylic acids is 1. The number of hydrogen-bond donors (Lipinski definition) is 3. The number of aliphatic hydroxyl groups is 1. The first-order chi connectivity index (χ1) is 8.88. The van der Waals surface area contributed by atoms with Crippen LogP contribution in [0.1, 0.15) is 31.4 Å². The van der Waals surface area contributed by atoms with E-state index in [4.69, 9.17) is 0 Å². The number of anilines is 1. The molecule has 0 unspecified atom stereocenters. The van der Waals surface area contributed by atoms with Crippen molar-refractivity contribution in [1.29, 1.82) is 0 Å². The summed E-state index contributed by atoms with van der Waals surface area (Å²) in [6, 6.07) is 5.71. The highest BCUT2D eigenvalue weighted by Crippen LogP contribution is 2.15. The molecular formula is C15H24N2O2. The van der Waals surface area contributed by atoms with Crippen molar-refractivity contribution in [3.8, 4) is 0 Å². The van der Waals surface area contributed by atoms with Gasteiger partial charge < -0.3 is 15.7 Å². The van der Waals surface area contributed by atoms with Crippen LogP contribution in [0.4, 0.5) is 10.5 Å². The summed E-state index contributed by atoms with van der Waals surface area (Å²) in [5.74, 6) is 0.255. The number of benzene rings is 1. The molecule has 1 aromatic rings. The van der Waals surface area contributed by atoms with Crippen LogP contribution in [-0.4, -0.2) is 23.8 Å². The van der Waals surface area contributed by atoms with Crippen molar-refractivity contribution in [3.63, 3.8) is 0 Å². The zero-order chi connectivity index (χ0) is 14.4. The molecule has 0 saturated carbocycles. The Labute approximate surface area is 115 Å². The lowest BCUT2D eigenvalue weighted by atomic mass is 10.1. The van der Waals surface area contributed by atoms with Crippen LogP contribution in [0.3, 0.4) is 0 Å². The SMILES string of the molecule is Cc1ccc(NC(=O)NC[C@@H](C)C[C@H](C)O)c(C)c1. The second-order valence-corrected chi connectivity index (χ2v) is 5.34. The Morgan fingerprint density at radius 3 is 2.58 bits per heavy atom. The van der Waals surface area contributed by atoms with Crippen LogP contribution in [0.25, 0.3) is 0 Å². The topological polar surface area (TPSA) is 61.4 Å². The number of aryl methyl sites for hydroxylation is 2. The van der Waals surface area contributed by atoms with Crippen LogP contribution in [0.2, 0.25) is 0 Å². The molecule has 19 heavy (non-hydrogen) atoms. The van der Waals surface area contributed by atoms with Crippen molar-refractivity contribution >= 4 is 11.7 Å². The Hall–Kier alpha value is -1.55. The van der Waals surface area contributed by atoms with Crippen molar-refractivity contribution in [3.05, 3.63) is 29.3 Å². The molecule has 0 spiro atoms. The first-order valence-electron chi connectivity index (χ1n) is 6.68. The summed E-state index contributed by atoms with van der Waals surface area (Å²) < 4.78 is 0. The van der Waals surface area contributed by atoms with E-state index in [2.05, 4.69) is 10.6 Å². The number of hydrogen-bond acceptors (Lipinski definition) is 2. The van der Waals surface area contributed by atoms with Gasteiger partial charge in [0, 0.05) is 12.2 Å². The molecule has 0 bridgehead atoms. The summed E-state index contributed by atoms with van der Waals surface area (Å²) in [6.07, 6.45) is 0.350. The predicted molar refractivity (Wildman–Crippen MR) is 78.4 cm³/mol. The molecule has 0 fully saturated rings. The molecule has 2 atom stereocenters. The maximum atomic E-state index is 11.8. The second-order valence-electron chi connectivity index (χ2n) is 5.34. The molecule has 0 radical (unpaired) electrons. The van der Waals surface area contributed by atoms with Crippen LogP contribution < -0.4 is 10.6 Å². The smallest absolute Gasteiger partial charge is 0.319 e. The summed E-state index contributed by atoms with van der Waals surface area (Å²) in [5.41, 5.74) is 3.05. The maximum Gasteiger partial charge on any atom is 0.319 e. The third-order valence-corrected chi connectivity index (χ3v) is 2.98. The molecule has 0 aliphatic carbocycles. The molecule has 2 amide bonds. The fourth-order valence-electron chi connectivity index (χ4n) is 2.05. The largest absolute Gasteiger partial charge is 0.393 e. The summed E-state index contributed by atoms with van der Waals surface area (Å²) in [5, 5.41) is 14.9. The zero-order valence-corrected chi connectivity index (χ0v) is 12.2. The van der Waals surface area contributed by atoms with Gasteiger partial charge in [-0.2, -0.15) is 0 Å². The maximum absolute atomic E-state index is 11.8. The molecule has 4 heteroatoms. The van der Waals surface area contributed by atoms with E-state index in [0.717, 1.165) is 11.3 Å². The molecule has 106 valence electrons. The number of carbonyl (C=O) groups is 1. The zero-order valence-electron chi connectivity index (χ0n) is 12.2. The summed E-state index contributed by atoms with van der Waals surface area (Å²) in [7, 11) is 0. The Balaban J connectivity index is 2.43. The molecule has 3 N–H and O–H groups in total. The van der Waals surface area contributed by atoms with Crippen molar-refractivity contribution in [2.24, 2.45) is 5.92 Å². The van der Waals surface area contributed by atoms with Gasteiger partial charge in [0.25, 0.3) is 0 Å². The quantitative estimate of drug-likeness (QED) is 0.766. The first-order valence-corrected chi connectivity index (χ1v) is 6.68. The minimum atomic E-state index is -0.334. The van der Waals surface area contributed by atoms with Crippen LogP contribution in [0, 0.1) is 19.8 Å². The highest BCUT2D eigenvalue weighted by molar-refractivity contribution is 5.90. The number of urea groups is 1. The van der Waals surface area contributed by atoms with Gasteiger partial charge >= 0.3 is 6.03 Å². The predicted octanol–water partition coefficient (Wildman–Crippen LogP) is 2.83. The van der Waals surface area contributed by atoms with Gasteiger partial charge in [0.1, 0.15) is 0 Å². The minimum Gasteiger partial charge on any atom is -0.393 e. The Morgan fingerprint density at radius 2 is 2.00 bits per heavy atom. The monoisotopic (exact) mass is 264 g/mol. The van der Waals surface area contributed by atoms with Gasteiger partial charge in [-0.3, -0.25) is 0 Å². The standard InChI is InChI=1S/C15H24N2O2/c1-10-5-6-14(12(3)7-10)17-15(19)16-9-11(2)8-13(4)18/h5-7,11,13,18H,8-9H2,1-4H3,(H2,16,17,19)/t11-,13-/m0/s1. The number of rotatable bonds is 5.